The van der Waals surface area contributed by atoms with E-state index in [1.54, 1.807) is 0 Å². The van der Waals surface area contributed by atoms with Crippen LogP contribution >= 0.6 is 43.5 Å². The average molecular weight is 434 g/mol. The second-order valence-corrected chi connectivity index (χ2v) is 7.14. The molecule has 0 radical (unpaired) electrons. The number of halogens is 3. The Kier molecular flexibility index (Phi) is 6.11. The van der Waals surface area contributed by atoms with Crippen LogP contribution in [0.5, 0.6) is 11.5 Å². The summed E-state index contributed by atoms with van der Waals surface area (Å²) in [6.07, 6.45) is 0. The quantitative estimate of drug-likeness (QED) is 0.610. The first-order chi connectivity index (χ1) is 9.95. The summed E-state index contributed by atoms with van der Waals surface area (Å²) in [7, 11) is 0. The molecule has 2 aromatic carbocycles. The van der Waals surface area contributed by atoms with Crippen molar-refractivity contribution in [3.05, 3.63) is 55.9 Å². The van der Waals surface area contributed by atoms with Crippen molar-refractivity contribution >= 4 is 43.5 Å². The van der Waals surface area contributed by atoms with E-state index in [1.807, 2.05) is 36.4 Å². The fourth-order valence-electron chi connectivity index (χ4n) is 1.73. The van der Waals surface area contributed by atoms with Gasteiger partial charge in [0.15, 0.2) is 0 Å². The highest BCUT2D eigenvalue weighted by Gasteiger charge is 2.07. The van der Waals surface area contributed by atoms with Gasteiger partial charge in [0.1, 0.15) is 11.5 Å². The minimum atomic E-state index is 0.453. The SMILES string of the molecule is CC(C)NCc1ccc(Oc2ccc(Br)cc2Cl)cc1Br. The van der Waals surface area contributed by atoms with E-state index in [0.717, 1.165) is 21.2 Å². The lowest BCUT2D eigenvalue weighted by Crippen LogP contribution is -2.21. The van der Waals surface area contributed by atoms with E-state index in [2.05, 4.69) is 51.0 Å². The fraction of sp³-hybridized carbons (Fsp3) is 0.250. The Hall–Kier alpha value is -0.550. The molecule has 21 heavy (non-hydrogen) atoms. The van der Waals surface area contributed by atoms with E-state index in [9.17, 15) is 0 Å². The summed E-state index contributed by atoms with van der Waals surface area (Å²) in [6.45, 7) is 5.07. The molecule has 1 N–H and O–H groups in total. The van der Waals surface area contributed by atoms with Crippen LogP contribution in [-0.2, 0) is 6.54 Å². The molecule has 2 aromatic rings. The van der Waals surface area contributed by atoms with E-state index in [-0.39, 0.29) is 0 Å². The van der Waals surface area contributed by atoms with Gasteiger partial charge >= 0.3 is 0 Å². The minimum absolute atomic E-state index is 0.453. The van der Waals surface area contributed by atoms with Gasteiger partial charge in [0.2, 0.25) is 0 Å². The van der Waals surface area contributed by atoms with Gasteiger partial charge in [-0.3, -0.25) is 0 Å². The molecule has 0 saturated heterocycles. The van der Waals surface area contributed by atoms with Gasteiger partial charge in [-0.25, -0.2) is 0 Å². The number of ether oxygens (including phenoxy) is 1. The normalized spacial score (nSPS) is 11.0. The Morgan fingerprint density at radius 1 is 1.14 bits per heavy atom. The molecule has 0 heterocycles. The maximum atomic E-state index is 6.16. The van der Waals surface area contributed by atoms with Gasteiger partial charge in [0.05, 0.1) is 5.02 Å². The average Bonchev–Trinajstić information content (AvgIpc) is 2.41. The number of nitrogens with one attached hydrogen (secondary N) is 1. The monoisotopic (exact) mass is 431 g/mol. The molecule has 2 nitrogen and oxygen atoms in total. The Morgan fingerprint density at radius 2 is 1.90 bits per heavy atom. The highest BCUT2D eigenvalue weighted by atomic mass is 79.9. The highest BCUT2D eigenvalue weighted by Crippen LogP contribution is 2.33. The lowest BCUT2D eigenvalue weighted by molar-refractivity contribution is 0.482. The first kappa shape index (κ1) is 16.8. The Labute approximate surface area is 147 Å². The lowest BCUT2D eigenvalue weighted by Gasteiger charge is -2.12. The van der Waals surface area contributed by atoms with Crippen molar-refractivity contribution in [1.82, 2.24) is 5.32 Å². The summed E-state index contributed by atoms with van der Waals surface area (Å²) in [5.74, 6) is 1.39. The smallest absolute Gasteiger partial charge is 0.146 e. The lowest BCUT2D eigenvalue weighted by atomic mass is 10.2. The van der Waals surface area contributed by atoms with Crippen molar-refractivity contribution < 1.29 is 4.74 Å². The molecule has 0 fully saturated rings. The van der Waals surface area contributed by atoms with Crippen molar-refractivity contribution in [2.24, 2.45) is 0 Å². The van der Waals surface area contributed by atoms with Crippen LogP contribution in [-0.4, -0.2) is 6.04 Å². The van der Waals surface area contributed by atoms with E-state index in [4.69, 9.17) is 16.3 Å². The van der Waals surface area contributed by atoms with Crippen molar-refractivity contribution in [2.75, 3.05) is 0 Å². The molecule has 0 saturated carbocycles. The summed E-state index contributed by atoms with van der Waals surface area (Å²) >= 11 is 13.1. The second-order valence-electron chi connectivity index (χ2n) is 4.97. The summed E-state index contributed by atoms with van der Waals surface area (Å²) in [4.78, 5) is 0. The third-order valence-corrected chi connectivity index (χ3v) is 4.37. The molecule has 0 spiro atoms. The van der Waals surface area contributed by atoms with Crippen LogP contribution in [0.25, 0.3) is 0 Å². The van der Waals surface area contributed by atoms with Crippen molar-refractivity contribution in [2.45, 2.75) is 26.4 Å². The van der Waals surface area contributed by atoms with Crippen molar-refractivity contribution in [3.63, 3.8) is 0 Å². The number of hydrogen-bond donors (Lipinski definition) is 1. The summed E-state index contributed by atoms with van der Waals surface area (Å²) < 4.78 is 7.76. The van der Waals surface area contributed by atoms with Gasteiger partial charge < -0.3 is 10.1 Å². The summed E-state index contributed by atoms with van der Waals surface area (Å²) in [6, 6.07) is 11.9. The van der Waals surface area contributed by atoms with Crippen molar-refractivity contribution in [1.29, 1.82) is 0 Å². The van der Waals surface area contributed by atoms with Crippen LogP contribution in [0, 0.1) is 0 Å². The van der Waals surface area contributed by atoms with Crippen LogP contribution in [0.4, 0.5) is 0 Å². The first-order valence-electron chi connectivity index (χ1n) is 6.60. The van der Waals surface area contributed by atoms with Gasteiger partial charge in [-0.2, -0.15) is 0 Å². The molecule has 0 aliphatic rings. The van der Waals surface area contributed by atoms with Crippen LogP contribution < -0.4 is 10.1 Å². The van der Waals surface area contributed by atoms with E-state index < -0.39 is 0 Å². The fourth-order valence-corrected chi connectivity index (χ4v) is 2.94. The van der Waals surface area contributed by atoms with Gasteiger partial charge in [0, 0.05) is 21.5 Å². The van der Waals surface area contributed by atoms with Crippen LogP contribution in [0.1, 0.15) is 19.4 Å². The molecule has 2 rings (SSSR count). The molecule has 0 atom stereocenters. The van der Waals surface area contributed by atoms with Crippen LogP contribution in [0.3, 0.4) is 0 Å². The predicted molar refractivity (Wildman–Crippen MR) is 95.3 cm³/mol. The van der Waals surface area contributed by atoms with Gasteiger partial charge in [-0.1, -0.05) is 63.4 Å². The van der Waals surface area contributed by atoms with Gasteiger partial charge in [-0.05, 0) is 35.9 Å². The third-order valence-electron chi connectivity index (χ3n) is 2.85. The second kappa shape index (κ2) is 7.63. The molecule has 0 amide bonds. The van der Waals surface area contributed by atoms with E-state index >= 15 is 0 Å². The Balaban J connectivity index is 2.12. The number of hydrogen-bond acceptors (Lipinski definition) is 2. The largest absolute Gasteiger partial charge is 0.456 e. The Bertz CT molecular complexity index is 632. The van der Waals surface area contributed by atoms with Gasteiger partial charge in [-0.15, -0.1) is 0 Å². The summed E-state index contributed by atoms with van der Waals surface area (Å²) in [5, 5.41) is 3.97. The number of benzene rings is 2. The van der Waals surface area contributed by atoms with Crippen molar-refractivity contribution in [3.8, 4) is 11.5 Å². The van der Waals surface area contributed by atoms with E-state index in [0.29, 0.717) is 16.8 Å². The molecule has 0 bridgehead atoms. The third kappa shape index (κ3) is 4.99. The number of rotatable bonds is 5. The molecule has 0 aliphatic heterocycles. The first-order valence-corrected chi connectivity index (χ1v) is 8.57. The molecule has 5 heteroatoms. The zero-order valence-corrected chi connectivity index (χ0v) is 15.7. The van der Waals surface area contributed by atoms with Gasteiger partial charge in [0.25, 0.3) is 0 Å². The maximum Gasteiger partial charge on any atom is 0.146 e. The zero-order chi connectivity index (χ0) is 15.4. The molecule has 112 valence electrons. The predicted octanol–water partition coefficient (Wildman–Crippen LogP) is 6.16. The minimum Gasteiger partial charge on any atom is -0.456 e. The molecule has 0 aromatic heterocycles. The Morgan fingerprint density at radius 3 is 2.52 bits per heavy atom. The van der Waals surface area contributed by atoms with Crippen LogP contribution in [0.15, 0.2) is 45.3 Å². The standard InChI is InChI=1S/C16H16Br2ClNO/c1-10(2)20-9-11-3-5-13(8-14(11)18)21-16-6-4-12(17)7-15(16)19/h3-8,10,20H,9H2,1-2H3. The molecule has 0 unspecified atom stereocenters. The summed E-state index contributed by atoms with van der Waals surface area (Å²) in [5.41, 5.74) is 1.19. The molecular weight excluding hydrogens is 417 g/mol. The highest BCUT2D eigenvalue weighted by molar-refractivity contribution is 9.10. The topological polar surface area (TPSA) is 21.3 Å². The maximum absolute atomic E-state index is 6.16. The van der Waals surface area contributed by atoms with Crippen LogP contribution in [0.2, 0.25) is 5.02 Å². The molecule has 0 aliphatic carbocycles. The van der Waals surface area contributed by atoms with E-state index in [1.165, 1.54) is 5.56 Å². The molecular formula is C16H16Br2ClNO. The zero-order valence-electron chi connectivity index (χ0n) is 11.8.